The highest BCUT2D eigenvalue weighted by molar-refractivity contribution is 5.81. The van der Waals surface area contributed by atoms with E-state index in [0.29, 0.717) is 0 Å². The molecule has 0 radical (unpaired) electrons. The highest BCUT2D eigenvalue weighted by Gasteiger charge is 2.33. The average molecular weight is 296 g/mol. The Labute approximate surface area is 133 Å². The highest BCUT2D eigenvalue weighted by atomic mass is 15.4. The van der Waals surface area contributed by atoms with Crippen LogP contribution in [0.2, 0.25) is 0 Å². The van der Waals surface area contributed by atoms with Gasteiger partial charge in [0.05, 0.1) is 10.9 Å². The van der Waals surface area contributed by atoms with Crippen LogP contribution in [0.3, 0.4) is 0 Å². The molecule has 0 bridgehead atoms. The fraction of sp³-hybridized carbons (Fsp3) is 0.100. The van der Waals surface area contributed by atoms with Crippen LogP contribution < -0.4 is 4.68 Å². The predicted octanol–water partition coefficient (Wildman–Crippen LogP) is 3.25. The average Bonchev–Trinajstić information content (AvgIpc) is 3.23. The molecule has 0 unspecified atom stereocenters. The molecule has 2 aromatic carbocycles. The van der Waals surface area contributed by atoms with Crippen LogP contribution in [0.5, 0.6) is 0 Å². The Hall–Kier alpha value is -2.94. The summed E-state index contributed by atoms with van der Waals surface area (Å²) in [7, 11) is 0. The molecule has 0 fully saturated rings. The largest absolute Gasteiger partial charge is 0.233 e. The van der Waals surface area contributed by atoms with Crippen LogP contribution in [0, 0.1) is 0 Å². The second-order valence-corrected chi connectivity index (χ2v) is 6.38. The Kier molecular flexibility index (Phi) is 1.95. The van der Waals surface area contributed by atoms with E-state index in [1.807, 2.05) is 12.3 Å². The lowest BCUT2D eigenvalue weighted by atomic mass is 10.00. The number of nitrogens with zero attached hydrogens (tertiary/aromatic N) is 3. The fourth-order valence-corrected chi connectivity index (χ4v) is 4.20. The molecular formula is C20H14N3+. The first-order chi connectivity index (χ1) is 11.4. The van der Waals surface area contributed by atoms with Gasteiger partial charge in [-0.2, -0.15) is 0 Å². The molecular weight excluding hydrogens is 282 g/mol. The summed E-state index contributed by atoms with van der Waals surface area (Å²) < 4.78 is 4.54. The Balaban J connectivity index is 1.64. The minimum atomic E-state index is 0.933. The first kappa shape index (κ1) is 11.6. The molecule has 0 N–H and O–H groups in total. The molecule has 6 rings (SSSR count). The van der Waals surface area contributed by atoms with Crippen molar-refractivity contribution in [2.24, 2.45) is 0 Å². The number of rotatable bonds is 0. The predicted molar refractivity (Wildman–Crippen MR) is 88.6 cm³/mol. The molecule has 2 aliphatic rings. The lowest BCUT2D eigenvalue weighted by molar-refractivity contribution is -0.749. The van der Waals surface area contributed by atoms with Crippen molar-refractivity contribution in [3.05, 3.63) is 77.6 Å². The van der Waals surface area contributed by atoms with Crippen molar-refractivity contribution in [3.63, 3.8) is 0 Å². The smallest absolute Gasteiger partial charge is 0.207 e. The van der Waals surface area contributed by atoms with E-state index in [-0.39, 0.29) is 0 Å². The van der Waals surface area contributed by atoms with Crippen LogP contribution >= 0.6 is 0 Å². The normalized spacial score (nSPS) is 13.7. The van der Waals surface area contributed by atoms with E-state index in [1.54, 1.807) is 0 Å². The van der Waals surface area contributed by atoms with E-state index in [4.69, 9.17) is 0 Å². The number of benzene rings is 2. The topological polar surface area (TPSA) is 21.7 Å². The summed E-state index contributed by atoms with van der Waals surface area (Å²) in [5.74, 6) is 0. The molecule has 23 heavy (non-hydrogen) atoms. The molecule has 3 heteroatoms. The van der Waals surface area contributed by atoms with Crippen molar-refractivity contribution in [3.8, 4) is 16.8 Å². The molecule has 2 aromatic heterocycles. The van der Waals surface area contributed by atoms with E-state index < -0.39 is 0 Å². The molecule has 4 aromatic rings. The van der Waals surface area contributed by atoms with Gasteiger partial charge in [-0.05, 0) is 46.9 Å². The highest BCUT2D eigenvalue weighted by Crippen LogP contribution is 2.41. The van der Waals surface area contributed by atoms with Crippen LogP contribution in [-0.2, 0) is 13.0 Å². The van der Waals surface area contributed by atoms with Crippen LogP contribution in [0.4, 0.5) is 0 Å². The Morgan fingerprint density at radius 2 is 1.87 bits per heavy atom. The second kappa shape index (κ2) is 3.87. The molecule has 0 saturated carbocycles. The van der Waals surface area contributed by atoms with Crippen molar-refractivity contribution < 1.29 is 4.68 Å². The number of pyridine rings is 1. The van der Waals surface area contributed by atoms with Gasteiger partial charge in [-0.3, -0.25) is 0 Å². The first-order valence-electron chi connectivity index (χ1n) is 8.00. The van der Waals surface area contributed by atoms with E-state index in [2.05, 4.69) is 63.0 Å². The molecule has 0 atom stereocenters. The Bertz CT molecular complexity index is 1120. The summed E-state index contributed by atoms with van der Waals surface area (Å²) in [6.45, 7) is 0.933. The molecule has 1 aliphatic carbocycles. The molecule has 0 amide bonds. The maximum atomic E-state index is 4.59. The third-order valence-corrected chi connectivity index (χ3v) is 5.19. The molecule has 0 spiro atoms. The van der Waals surface area contributed by atoms with E-state index >= 15 is 0 Å². The van der Waals surface area contributed by atoms with Gasteiger partial charge in [0, 0.05) is 6.20 Å². The van der Waals surface area contributed by atoms with Crippen LogP contribution in [0.25, 0.3) is 27.8 Å². The van der Waals surface area contributed by atoms with E-state index in [9.17, 15) is 0 Å². The number of aromatic nitrogens is 3. The van der Waals surface area contributed by atoms with Crippen molar-refractivity contribution in [2.45, 2.75) is 13.0 Å². The maximum absolute atomic E-state index is 4.59. The maximum Gasteiger partial charge on any atom is 0.207 e. The Morgan fingerprint density at radius 3 is 2.87 bits per heavy atom. The van der Waals surface area contributed by atoms with Crippen molar-refractivity contribution >= 4 is 11.0 Å². The standard InChI is InChI=1S/C20H14N3/c1-2-6-15-13(4-1)10-17-16(15)7-8-19-18(17)12-22-11-14-5-3-9-21-20(14)23(19)22/h1-9,11H,10,12H2/q+1. The van der Waals surface area contributed by atoms with Gasteiger partial charge >= 0.3 is 0 Å². The van der Waals surface area contributed by atoms with Gasteiger partial charge in [0.25, 0.3) is 0 Å². The van der Waals surface area contributed by atoms with Gasteiger partial charge in [0.15, 0.2) is 0 Å². The third-order valence-electron chi connectivity index (χ3n) is 5.19. The van der Waals surface area contributed by atoms with Crippen molar-refractivity contribution in [1.82, 2.24) is 9.67 Å². The lowest BCUT2D eigenvalue weighted by Gasteiger charge is -2.04. The summed E-state index contributed by atoms with van der Waals surface area (Å²) in [4.78, 5) is 4.59. The minimum absolute atomic E-state index is 0.933. The van der Waals surface area contributed by atoms with Crippen LogP contribution in [0.15, 0.2) is 60.9 Å². The molecule has 3 heterocycles. The zero-order valence-corrected chi connectivity index (χ0v) is 12.5. The monoisotopic (exact) mass is 296 g/mol. The minimum Gasteiger partial charge on any atom is -0.233 e. The lowest BCUT2D eigenvalue weighted by Crippen LogP contribution is -2.36. The Morgan fingerprint density at radius 1 is 0.913 bits per heavy atom. The van der Waals surface area contributed by atoms with Gasteiger partial charge < -0.3 is 0 Å². The second-order valence-electron chi connectivity index (χ2n) is 6.38. The van der Waals surface area contributed by atoms with Gasteiger partial charge in [-0.15, -0.1) is 9.36 Å². The SMILES string of the molecule is c1ccc2c(c1)Cc1c-2ccc2c1C[n+]1cc3cccnc3n1-2. The number of fused-ring (bicyclic) bond motifs is 9. The summed E-state index contributed by atoms with van der Waals surface area (Å²) in [5.41, 5.74) is 9.51. The van der Waals surface area contributed by atoms with Gasteiger partial charge in [-0.1, -0.05) is 30.3 Å². The summed E-state index contributed by atoms with van der Waals surface area (Å²) in [6.07, 6.45) is 5.12. The summed E-state index contributed by atoms with van der Waals surface area (Å²) in [6, 6.07) is 17.4. The van der Waals surface area contributed by atoms with E-state index in [0.717, 1.165) is 18.6 Å². The number of hydrogen-bond acceptors (Lipinski definition) is 1. The quantitative estimate of drug-likeness (QED) is 0.394. The third kappa shape index (κ3) is 1.35. The van der Waals surface area contributed by atoms with Crippen molar-refractivity contribution in [1.29, 1.82) is 0 Å². The summed E-state index contributed by atoms with van der Waals surface area (Å²) >= 11 is 0. The van der Waals surface area contributed by atoms with Gasteiger partial charge in [0.2, 0.25) is 18.4 Å². The first-order valence-corrected chi connectivity index (χ1v) is 8.00. The molecule has 1 aliphatic heterocycles. The summed E-state index contributed by atoms with van der Waals surface area (Å²) in [5, 5.41) is 1.20. The van der Waals surface area contributed by atoms with Crippen LogP contribution in [-0.4, -0.2) is 9.67 Å². The number of hydrogen-bond donors (Lipinski definition) is 0. The zero-order chi connectivity index (χ0) is 15.0. The molecule has 108 valence electrons. The zero-order valence-electron chi connectivity index (χ0n) is 12.5. The van der Waals surface area contributed by atoms with E-state index in [1.165, 1.54) is 38.9 Å². The molecule has 0 saturated heterocycles. The van der Waals surface area contributed by atoms with Gasteiger partial charge in [-0.25, -0.2) is 4.98 Å². The van der Waals surface area contributed by atoms with Gasteiger partial charge in [0.1, 0.15) is 5.69 Å². The fourth-order valence-electron chi connectivity index (χ4n) is 4.20. The van der Waals surface area contributed by atoms with Crippen molar-refractivity contribution in [2.75, 3.05) is 0 Å². The van der Waals surface area contributed by atoms with Crippen LogP contribution in [0.1, 0.15) is 16.7 Å². The molecule has 3 nitrogen and oxygen atoms in total.